The number of unbranched alkanes of at least 4 members (excludes halogenated alkanes) is 15. The minimum absolute atomic E-state index is 1.25. The highest BCUT2D eigenvalue weighted by molar-refractivity contribution is 7.20. The van der Waals surface area contributed by atoms with Gasteiger partial charge in [0.2, 0.25) is 0 Å². The number of aryl methyl sites for hydroxylation is 1. The molecule has 0 amide bonds. The molecule has 0 atom stereocenters. The van der Waals surface area contributed by atoms with E-state index in [1.165, 1.54) is 120 Å². The number of halogens is 28. The molecule has 0 bridgehead atoms. The van der Waals surface area contributed by atoms with Crippen LogP contribution in [-0.4, -0.2) is 13.2 Å². The molecule has 0 radical (unpaired) electrons. The van der Waals surface area contributed by atoms with E-state index >= 15 is 87.8 Å². The standard InChI is InChI=1S/C40BF28.C25H45N/c42-13-1-5(25(54)37(66)33(62)21(1)50)17(46)29(58)9(13)41(10-14(43)2-6(18(47)30(10)59)26(55)38(67)34(63)22(2)51,11-15(44)3-7(19(48)31(11)60)27(56)39(68)35(64)23(3)52)12-16(45)4-8(20(49)32(12)61)28(57)40(69)36(65)24(4)53;1-3-4-5-6-7-8-9-10-11-12-13-14-15-16-17-18-19-24-20-22-25(26-2)23-21-24/h;20-23,26H,3-19H2,1-2H3/q-1;/p+1. The minimum Gasteiger partial charge on any atom is -0.316 e. The van der Waals surface area contributed by atoms with E-state index in [2.05, 4.69) is 43.6 Å². The molecule has 510 valence electrons. The summed E-state index contributed by atoms with van der Waals surface area (Å²) in [7, 11) is 2.10. The maximum Gasteiger partial charge on any atom is 0.198 e. The van der Waals surface area contributed by atoms with Crippen LogP contribution in [0.15, 0.2) is 24.3 Å². The second-order valence-electron chi connectivity index (χ2n) is 22.4. The van der Waals surface area contributed by atoms with Gasteiger partial charge in [0.25, 0.3) is 0 Å². The van der Waals surface area contributed by atoms with Gasteiger partial charge in [0, 0.05) is 0 Å². The van der Waals surface area contributed by atoms with Crippen molar-refractivity contribution >= 4 is 76.8 Å². The molecule has 0 unspecified atom stereocenters. The van der Waals surface area contributed by atoms with Crippen molar-refractivity contribution in [1.82, 2.24) is 0 Å². The number of quaternary nitrogens is 1. The van der Waals surface area contributed by atoms with E-state index in [1.807, 2.05) is 0 Å². The maximum absolute atomic E-state index is 17.4. The van der Waals surface area contributed by atoms with E-state index in [9.17, 15) is 35.1 Å². The van der Waals surface area contributed by atoms with Gasteiger partial charge in [-0.25, -0.2) is 123 Å². The summed E-state index contributed by atoms with van der Waals surface area (Å²) >= 11 is 0. The molecule has 2 N–H and O–H groups in total. The van der Waals surface area contributed by atoms with E-state index in [4.69, 9.17) is 0 Å². The summed E-state index contributed by atoms with van der Waals surface area (Å²) in [6, 6.07) is 9.06. The Hall–Kier alpha value is -7.92. The number of rotatable bonds is 22. The van der Waals surface area contributed by atoms with Crippen LogP contribution in [0, 0.1) is 163 Å². The molecule has 0 heterocycles. The Morgan fingerprint density at radius 2 is 0.400 bits per heavy atom. The first-order chi connectivity index (χ1) is 44.9. The molecule has 0 saturated heterocycles. The van der Waals surface area contributed by atoms with Crippen molar-refractivity contribution in [3.8, 4) is 0 Å². The SMILES string of the molecule is CCCCCCCCCCCCCCCCCCc1ccc([NH2+]C)cc1.Fc1c(F)c(F)c2c(F)c([B-](c3c(F)c(F)c4c(F)c(F)c(F)c(F)c4c3F)(c3c(F)c(F)c4c(F)c(F)c(F)c(F)c4c3F)c3c(F)c(F)c4c(F)c(F)c(F)c(F)c4c3F)c(F)c(F)c2c1F. The van der Waals surface area contributed by atoms with Gasteiger partial charge < -0.3 is 5.32 Å². The molecule has 9 aromatic carbocycles. The molecule has 0 aromatic heterocycles. The highest BCUT2D eigenvalue weighted by Crippen LogP contribution is 2.41. The van der Waals surface area contributed by atoms with Crippen LogP contribution in [-0.2, 0) is 6.42 Å². The van der Waals surface area contributed by atoms with E-state index in [0.717, 1.165) is 0 Å². The van der Waals surface area contributed by atoms with Crippen LogP contribution in [0.1, 0.15) is 115 Å². The topological polar surface area (TPSA) is 16.6 Å². The van der Waals surface area contributed by atoms with Crippen molar-refractivity contribution in [1.29, 1.82) is 0 Å². The molecule has 95 heavy (non-hydrogen) atoms. The first-order valence-electron chi connectivity index (χ1n) is 29.2. The summed E-state index contributed by atoms with van der Waals surface area (Å²) in [6.07, 6.45) is 16.4. The lowest BCUT2D eigenvalue weighted by molar-refractivity contribution is -0.539. The van der Waals surface area contributed by atoms with Crippen LogP contribution in [0.4, 0.5) is 129 Å². The lowest BCUT2D eigenvalue weighted by Gasteiger charge is -2.45. The normalized spacial score (nSPS) is 12.0. The number of benzene rings is 9. The molecule has 0 fully saturated rings. The molecule has 0 aliphatic rings. The number of hydrogen-bond donors (Lipinski definition) is 1. The van der Waals surface area contributed by atoms with Gasteiger partial charge in [-0.3, -0.25) is 0 Å². The summed E-state index contributed by atoms with van der Waals surface area (Å²) in [4.78, 5) is 0. The number of fused-ring (bicyclic) bond motifs is 4. The average molecular weight is 1380 g/mol. The quantitative estimate of drug-likeness (QED) is 0.0174. The predicted molar refractivity (Wildman–Crippen MR) is 296 cm³/mol. The zero-order chi connectivity index (χ0) is 70.3. The fourth-order valence-corrected chi connectivity index (χ4v) is 12.2. The van der Waals surface area contributed by atoms with Crippen LogP contribution in [0.25, 0.3) is 43.1 Å². The molecule has 1 nitrogen and oxygen atoms in total. The van der Waals surface area contributed by atoms with Crippen molar-refractivity contribution in [2.75, 3.05) is 7.05 Å². The summed E-state index contributed by atoms with van der Waals surface area (Å²) in [5, 5.41) is -22.8. The number of hydrogen-bond acceptors (Lipinski definition) is 0. The van der Waals surface area contributed by atoms with Crippen LogP contribution in [0.3, 0.4) is 0 Å². The zero-order valence-electron chi connectivity index (χ0n) is 49.1. The van der Waals surface area contributed by atoms with Crippen molar-refractivity contribution in [3.63, 3.8) is 0 Å². The fourth-order valence-electron chi connectivity index (χ4n) is 12.2. The molecule has 9 rings (SSSR count). The van der Waals surface area contributed by atoms with Crippen molar-refractivity contribution in [2.24, 2.45) is 0 Å². The van der Waals surface area contributed by atoms with E-state index in [-0.39, 0.29) is 0 Å². The van der Waals surface area contributed by atoms with Gasteiger partial charge in [0.05, 0.1) is 50.1 Å². The van der Waals surface area contributed by atoms with Crippen molar-refractivity contribution in [2.45, 2.75) is 116 Å². The molecule has 0 aliphatic carbocycles. The van der Waals surface area contributed by atoms with Gasteiger partial charge in [-0.2, -0.15) is 0 Å². The third-order valence-corrected chi connectivity index (χ3v) is 16.9. The number of nitrogens with two attached hydrogens (primary N) is 1. The molecule has 0 aliphatic heterocycles. The summed E-state index contributed by atoms with van der Waals surface area (Å²) in [5.41, 5.74) is -13.0. The lowest BCUT2D eigenvalue weighted by atomic mass is 9.12. The zero-order valence-corrected chi connectivity index (χ0v) is 49.1. The second kappa shape index (κ2) is 29.2. The Morgan fingerprint density at radius 3 is 0.600 bits per heavy atom. The van der Waals surface area contributed by atoms with Crippen LogP contribution in [0.5, 0.6) is 0 Å². The first-order valence-corrected chi connectivity index (χ1v) is 29.2. The Bertz CT molecular complexity index is 4030. The summed E-state index contributed by atoms with van der Waals surface area (Å²) < 4.78 is 442. The minimum atomic E-state index is -7.99. The monoisotopic (exact) mass is 1380 g/mol. The van der Waals surface area contributed by atoms with Gasteiger partial charge in [-0.15, -0.1) is 21.9 Å². The van der Waals surface area contributed by atoms with Gasteiger partial charge in [0.1, 0.15) is 58.4 Å². The first kappa shape index (κ1) is 72.9. The molecule has 30 heteroatoms. The molecular weight excluding hydrogens is 1340 g/mol. The van der Waals surface area contributed by atoms with Gasteiger partial charge in [-0.1, -0.05) is 115 Å². The van der Waals surface area contributed by atoms with Gasteiger partial charge in [-0.05, 0) is 30.5 Å². The smallest absolute Gasteiger partial charge is 0.198 e. The Balaban J connectivity index is 0.000000374. The third-order valence-electron chi connectivity index (χ3n) is 16.9. The second-order valence-corrected chi connectivity index (χ2v) is 22.4. The highest BCUT2D eigenvalue weighted by atomic mass is 19.2. The largest absolute Gasteiger partial charge is 0.316 e. The molecule has 0 spiro atoms. The maximum atomic E-state index is 17.4. The molecular formula is C65H46BF28N. The third kappa shape index (κ3) is 12.3. The lowest BCUT2D eigenvalue weighted by Crippen LogP contribution is -2.80. The van der Waals surface area contributed by atoms with E-state index in [1.54, 1.807) is 0 Å². The summed E-state index contributed by atoms with van der Waals surface area (Å²) in [6.45, 7) is 2.30. The van der Waals surface area contributed by atoms with Crippen LogP contribution < -0.4 is 27.2 Å². The van der Waals surface area contributed by atoms with E-state index in [0.29, 0.717) is 0 Å². The highest BCUT2D eigenvalue weighted by Gasteiger charge is 2.52. The predicted octanol–water partition coefficient (Wildman–Crippen LogP) is 18.9. The van der Waals surface area contributed by atoms with Crippen LogP contribution in [0.2, 0.25) is 0 Å². The Kier molecular flexibility index (Phi) is 22.4. The fraction of sp³-hybridized carbons (Fsp3) is 0.292. The molecule has 0 saturated carbocycles. The summed E-state index contributed by atoms with van der Waals surface area (Å²) in [5.74, 6) is -102. The van der Waals surface area contributed by atoms with Gasteiger partial charge in [0.15, 0.2) is 116 Å². The molecule has 9 aromatic rings. The Morgan fingerprint density at radius 1 is 0.221 bits per heavy atom. The van der Waals surface area contributed by atoms with Crippen molar-refractivity contribution < 1.29 is 128 Å². The van der Waals surface area contributed by atoms with Crippen LogP contribution >= 0.6 is 0 Å². The van der Waals surface area contributed by atoms with Gasteiger partial charge >= 0.3 is 0 Å². The average Bonchev–Trinajstić information content (AvgIpc) is 0.670. The van der Waals surface area contributed by atoms with Crippen molar-refractivity contribution in [3.05, 3.63) is 193 Å². The van der Waals surface area contributed by atoms with E-state index < -0.39 is 234 Å². The Labute approximate surface area is 519 Å².